The maximum Gasteiger partial charge on any atom is 0.243 e. The molecule has 0 spiro atoms. The SMILES string of the molecule is O=C(Nc1ccc(S(=O)(=O)N2CCOCC2)cc1)C1(c2ccccc2)CCOCC1. The van der Waals surface area contributed by atoms with Crippen LogP contribution in [0.1, 0.15) is 18.4 Å². The molecule has 8 heteroatoms. The minimum absolute atomic E-state index is 0.0965. The predicted octanol–water partition coefficient (Wildman–Crippen LogP) is 2.39. The van der Waals surface area contributed by atoms with Crippen LogP contribution in [0.2, 0.25) is 0 Å². The number of amides is 1. The van der Waals surface area contributed by atoms with Gasteiger partial charge < -0.3 is 14.8 Å². The molecule has 2 aromatic rings. The molecular weight excluding hydrogens is 404 g/mol. The molecule has 1 N–H and O–H groups in total. The van der Waals surface area contributed by atoms with Gasteiger partial charge in [-0.05, 0) is 42.7 Å². The summed E-state index contributed by atoms with van der Waals surface area (Å²) in [4.78, 5) is 13.5. The summed E-state index contributed by atoms with van der Waals surface area (Å²) in [6.45, 7) is 2.56. The van der Waals surface area contributed by atoms with Crippen LogP contribution in [0.4, 0.5) is 5.69 Å². The first-order valence-electron chi connectivity index (χ1n) is 10.2. The number of sulfonamides is 1. The second-order valence-corrected chi connectivity index (χ2v) is 9.49. The van der Waals surface area contributed by atoms with E-state index in [9.17, 15) is 13.2 Å². The largest absolute Gasteiger partial charge is 0.381 e. The lowest BCUT2D eigenvalue weighted by molar-refractivity contribution is -0.125. The van der Waals surface area contributed by atoms with Crippen LogP contribution >= 0.6 is 0 Å². The molecule has 2 saturated heterocycles. The predicted molar refractivity (Wildman–Crippen MR) is 113 cm³/mol. The highest BCUT2D eigenvalue weighted by Gasteiger charge is 2.41. The van der Waals surface area contributed by atoms with E-state index in [-0.39, 0.29) is 10.8 Å². The fourth-order valence-corrected chi connectivity index (χ4v) is 5.43. The van der Waals surface area contributed by atoms with Crippen LogP contribution in [0.15, 0.2) is 59.5 Å². The molecule has 0 unspecified atom stereocenters. The van der Waals surface area contributed by atoms with E-state index in [0.29, 0.717) is 58.0 Å². The Morgan fingerprint density at radius 2 is 1.47 bits per heavy atom. The van der Waals surface area contributed by atoms with Gasteiger partial charge in [-0.15, -0.1) is 0 Å². The van der Waals surface area contributed by atoms with Crippen LogP contribution in [0, 0.1) is 0 Å². The van der Waals surface area contributed by atoms with E-state index in [1.54, 1.807) is 24.3 Å². The van der Waals surface area contributed by atoms with E-state index in [1.165, 1.54) is 4.31 Å². The third-order valence-corrected chi connectivity index (χ3v) is 7.74. The van der Waals surface area contributed by atoms with Crippen molar-refractivity contribution in [2.45, 2.75) is 23.2 Å². The Kier molecular flexibility index (Phi) is 6.19. The topological polar surface area (TPSA) is 84.9 Å². The third-order valence-electron chi connectivity index (χ3n) is 5.83. The zero-order valence-electron chi connectivity index (χ0n) is 16.7. The van der Waals surface area contributed by atoms with Crippen molar-refractivity contribution in [1.29, 1.82) is 0 Å². The Bertz CT molecular complexity index is 964. The van der Waals surface area contributed by atoms with Crippen molar-refractivity contribution in [3.63, 3.8) is 0 Å². The minimum atomic E-state index is -3.56. The van der Waals surface area contributed by atoms with Gasteiger partial charge >= 0.3 is 0 Å². The molecule has 4 rings (SSSR count). The molecular formula is C22H26N2O5S. The first-order chi connectivity index (χ1) is 14.5. The van der Waals surface area contributed by atoms with Crippen molar-refractivity contribution in [3.05, 3.63) is 60.2 Å². The van der Waals surface area contributed by atoms with Gasteiger partial charge in [0.05, 0.1) is 23.5 Å². The van der Waals surface area contributed by atoms with Crippen molar-refractivity contribution in [3.8, 4) is 0 Å². The number of nitrogens with zero attached hydrogens (tertiary/aromatic N) is 1. The number of benzene rings is 2. The number of carbonyl (C=O) groups is 1. The number of rotatable bonds is 5. The van der Waals surface area contributed by atoms with E-state index in [2.05, 4.69) is 5.32 Å². The van der Waals surface area contributed by atoms with Gasteiger partial charge in [0.1, 0.15) is 0 Å². The summed E-state index contributed by atoms with van der Waals surface area (Å²) < 4.78 is 37.7. The standard InChI is InChI=1S/C22H26N2O5S/c25-21(22(10-14-28-15-11-22)18-4-2-1-3-5-18)23-19-6-8-20(9-7-19)30(26,27)24-12-16-29-17-13-24/h1-9H,10-17H2,(H,23,25). The van der Waals surface area contributed by atoms with Crippen LogP contribution < -0.4 is 5.32 Å². The molecule has 2 aromatic carbocycles. The lowest BCUT2D eigenvalue weighted by Crippen LogP contribution is -2.44. The summed E-state index contributed by atoms with van der Waals surface area (Å²) in [7, 11) is -3.56. The zero-order chi connectivity index (χ0) is 21.0. The molecule has 0 saturated carbocycles. The third kappa shape index (κ3) is 4.13. The minimum Gasteiger partial charge on any atom is -0.381 e. The number of ether oxygens (including phenoxy) is 2. The Morgan fingerprint density at radius 1 is 0.867 bits per heavy atom. The van der Waals surface area contributed by atoms with Gasteiger partial charge in [0, 0.05) is 32.0 Å². The highest BCUT2D eigenvalue weighted by molar-refractivity contribution is 7.89. The molecule has 0 bridgehead atoms. The molecule has 30 heavy (non-hydrogen) atoms. The van der Waals surface area contributed by atoms with Gasteiger partial charge in [0.15, 0.2) is 0 Å². The summed E-state index contributed by atoms with van der Waals surface area (Å²) in [6.07, 6.45) is 1.21. The number of nitrogens with one attached hydrogen (secondary N) is 1. The zero-order valence-corrected chi connectivity index (χ0v) is 17.6. The second-order valence-electron chi connectivity index (χ2n) is 7.56. The molecule has 160 valence electrons. The molecule has 2 heterocycles. The number of hydrogen-bond donors (Lipinski definition) is 1. The summed E-state index contributed by atoms with van der Waals surface area (Å²) in [6, 6.07) is 16.1. The average molecular weight is 431 g/mol. The van der Waals surface area contributed by atoms with Crippen molar-refractivity contribution >= 4 is 21.6 Å². The van der Waals surface area contributed by atoms with Gasteiger partial charge in [-0.3, -0.25) is 4.79 Å². The smallest absolute Gasteiger partial charge is 0.243 e. The maximum atomic E-state index is 13.3. The van der Waals surface area contributed by atoms with E-state index in [0.717, 1.165) is 5.56 Å². The second kappa shape index (κ2) is 8.85. The fraction of sp³-hybridized carbons (Fsp3) is 0.409. The van der Waals surface area contributed by atoms with E-state index in [1.807, 2.05) is 30.3 Å². The van der Waals surface area contributed by atoms with Gasteiger partial charge in [-0.2, -0.15) is 4.31 Å². The Hall–Kier alpha value is -2.26. The van der Waals surface area contributed by atoms with E-state index in [4.69, 9.17) is 9.47 Å². The van der Waals surface area contributed by atoms with Crippen molar-refractivity contribution in [1.82, 2.24) is 4.31 Å². The molecule has 0 radical (unpaired) electrons. The fourth-order valence-electron chi connectivity index (χ4n) is 4.02. The Morgan fingerprint density at radius 3 is 2.10 bits per heavy atom. The first kappa shape index (κ1) is 21.0. The maximum absolute atomic E-state index is 13.3. The lowest BCUT2D eigenvalue weighted by atomic mass is 9.73. The molecule has 0 atom stereocenters. The number of anilines is 1. The van der Waals surface area contributed by atoms with E-state index < -0.39 is 15.4 Å². The number of carbonyl (C=O) groups excluding carboxylic acids is 1. The van der Waals surface area contributed by atoms with Gasteiger partial charge in [-0.25, -0.2) is 8.42 Å². The van der Waals surface area contributed by atoms with Gasteiger partial charge in [0.2, 0.25) is 15.9 Å². The molecule has 0 aromatic heterocycles. The Labute approximate surface area is 177 Å². The van der Waals surface area contributed by atoms with Gasteiger partial charge in [-0.1, -0.05) is 30.3 Å². The average Bonchev–Trinajstić information content (AvgIpc) is 2.81. The molecule has 1 amide bonds. The van der Waals surface area contributed by atoms with Crippen LogP contribution in [0.3, 0.4) is 0 Å². The summed E-state index contributed by atoms with van der Waals surface area (Å²) >= 11 is 0. The molecule has 2 aliphatic heterocycles. The summed E-state index contributed by atoms with van der Waals surface area (Å²) in [5.41, 5.74) is 0.887. The summed E-state index contributed by atoms with van der Waals surface area (Å²) in [5, 5.41) is 2.99. The van der Waals surface area contributed by atoms with Crippen molar-refractivity contribution in [2.24, 2.45) is 0 Å². The molecule has 2 fully saturated rings. The van der Waals surface area contributed by atoms with Crippen LogP contribution in [0.5, 0.6) is 0 Å². The highest BCUT2D eigenvalue weighted by Crippen LogP contribution is 2.36. The molecule has 2 aliphatic rings. The highest BCUT2D eigenvalue weighted by atomic mass is 32.2. The summed E-state index contributed by atoms with van der Waals surface area (Å²) in [5.74, 6) is -0.0965. The van der Waals surface area contributed by atoms with Crippen LogP contribution in [-0.2, 0) is 29.7 Å². The van der Waals surface area contributed by atoms with Gasteiger partial charge in [0.25, 0.3) is 0 Å². The number of hydrogen-bond acceptors (Lipinski definition) is 5. The Balaban J connectivity index is 1.53. The van der Waals surface area contributed by atoms with Crippen LogP contribution in [-0.4, -0.2) is 58.1 Å². The quantitative estimate of drug-likeness (QED) is 0.787. The number of morpholine rings is 1. The molecule has 0 aliphatic carbocycles. The monoisotopic (exact) mass is 430 g/mol. The lowest BCUT2D eigenvalue weighted by Gasteiger charge is -2.36. The van der Waals surface area contributed by atoms with Crippen LogP contribution in [0.25, 0.3) is 0 Å². The first-order valence-corrected chi connectivity index (χ1v) is 11.6. The van der Waals surface area contributed by atoms with E-state index >= 15 is 0 Å². The molecule has 7 nitrogen and oxygen atoms in total. The van der Waals surface area contributed by atoms with Crippen molar-refractivity contribution < 1.29 is 22.7 Å². The van der Waals surface area contributed by atoms with Crippen molar-refractivity contribution in [2.75, 3.05) is 44.8 Å². The normalized spacial score (nSPS) is 19.9.